The molecule has 0 aliphatic heterocycles. The summed E-state index contributed by atoms with van der Waals surface area (Å²) in [5.41, 5.74) is 4.23. The molecule has 0 fully saturated rings. The Bertz CT molecular complexity index is 775. The number of benzene rings is 2. The molecule has 0 saturated carbocycles. The van der Waals surface area contributed by atoms with Crippen LogP contribution in [0.2, 0.25) is 0 Å². The van der Waals surface area contributed by atoms with Crippen LogP contribution in [0.1, 0.15) is 37.5 Å². The molecule has 0 heterocycles. The van der Waals surface area contributed by atoms with Gasteiger partial charge in [0.1, 0.15) is 0 Å². The van der Waals surface area contributed by atoms with Crippen molar-refractivity contribution in [1.29, 1.82) is 0 Å². The average Bonchev–Trinajstić information content (AvgIpc) is 2.70. The smallest absolute Gasteiger partial charge is 0.203 e. The number of aliphatic hydroxyl groups is 1. The fourth-order valence-corrected chi connectivity index (χ4v) is 2.63. The Hall–Kier alpha value is -2.79. The molecule has 1 aliphatic rings. The number of nitrogens with two attached hydrogens (primary N) is 1. The lowest BCUT2D eigenvalue weighted by Gasteiger charge is -2.18. The summed E-state index contributed by atoms with van der Waals surface area (Å²) in [4.78, 5) is 36.9. The summed E-state index contributed by atoms with van der Waals surface area (Å²) in [7, 11) is 0. The van der Waals surface area contributed by atoms with E-state index >= 15 is 0 Å². The van der Waals surface area contributed by atoms with E-state index in [2.05, 4.69) is 0 Å². The Balaban J connectivity index is 1.94. The van der Waals surface area contributed by atoms with Gasteiger partial charge in [-0.2, -0.15) is 0 Å². The largest absolute Gasteiger partial charge is 0.399 e. The van der Waals surface area contributed by atoms with Gasteiger partial charge < -0.3 is 10.8 Å². The van der Waals surface area contributed by atoms with E-state index in [-0.39, 0.29) is 16.7 Å². The normalized spacial score (nSPS) is 15.7. The molecule has 2 aromatic carbocycles. The van der Waals surface area contributed by atoms with E-state index in [0.29, 0.717) is 5.69 Å². The number of fused-ring (bicyclic) bond motifs is 1. The zero-order chi connectivity index (χ0) is 15.9. The van der Waals surface area contributed by atoms with Crippen molar-refractivity contribution in [3.63, 3.8) is 0 Å². The molecular weight excluding hydrogens is 282 g/mol. The Labute approximate surface area is 126 Å². The second-order valence-corrected chi connectivity index (χ2v) is 5.29. The van der Waals surface area contributed by atoms with Crippen molar-refractivity contribution in [3.8, 4) is 0 Å². The van der Waals surface area contributed by atoms with E-state index in [0.717, 1.165) is 0 Å². The van der Waals surface area contributed by atoms with Gasteiger partial charge in [0.2, 0.25) is 11.6 Å². The Morgan fingerprint density at radius 1 is 1.00 bits per heavy atom. The van der Waals surface area contributed by atoms with Gasteiger partial charge in [0.25, 0.3) is 0 Å². The minimum Gasteiger partial charge on any atom is -0.399 e. The Morgan fingerprint density at radius 2 is 1.59 bits per heavy atom. The van der Waals surface area contributed by atoms with Crippen molar-refractivity contribution in [2.75, 3.05) is 5.73 Å². The number of anilines is 1. The van der Waals surface area contributed by atoms with Crippen molar-refractivity contribution < 1.29 is 19.5 Å². The summed E-state index contributed by atoms with van der Waals surface area (Å²) in [6.07, 6.45) is -0.594. The van der Waals surface area contributed by atoms with Gasteiger partial charge in [0, 0.05) is 22.4 Å². The highest BCUT2D eigenvalue weighted by molar-refractivity contribution is 6.33. The van der Waals surface area contributed by atoms with Crippen LogP contribution in [-0.2, 0) is 0 Å². The molecule has 3 N–H and O–H groups in total. The van der Waals surface area contributed by atoms with Crippen LogP contribution < -0.4 is 5.73 Å². The number of carbonyl (C=O) groups is 3. The van der Waals surface area contributed by atoms with Crippen LogP contribution >= 0.6 is 0 Å². The first-order chi connectivity index (χ1) is 10.4. The molecule has 0 amide bonds. The Morgan fingerprint density at radius 3 is 2.14 bits per heavy atom. The number of hydrogen-bond acceptors (Lipinski definition) is 5. The molecule has 5 heteroatoms. The lowest BCUT2D eigenvalue weighted by Crippen LogP contribution is -2.43. The molecule has 110 valence electrons. The van der Waals surface area contributed by atoms with Crippen LogP contribution in [0.25, 0.3) is 0 Å². The highest BCUT2D eigenvalue weighted by atomic mass is 16.3. The number of nitrogen functional groups attached to an aromatic ring is 1. The number of Topliss-reactive ketones (excluding diaryl/α,β-unsaturated/α-hetero) is 3. The SMILES string of the molecule is Nc1cccc(C(=O)CC2(O)C(=O)c3ccccc3C2=O)c1. The Kier molecular flexibility index (Phi) is 3.15. The highest BCUT2D eigenvalue weighted by Crippen LogP contribution is 2.33. The van der Waals surface area contributed by atoms with Gasteiger partial charge in [0.05, 0.1) is 6.42 Å². The van der Waals surface area contributed by atoms with Gasteiger partial charge in [0.15, 0.2) is 11.4 Å². The van der Waals surface area contributed by atoms with Gasteiger partial charge in [-0.3, -0.25) is 14.4 Å². The summed E-state index contributed by atoms with van der Waals surface area (Å²) in [6, 6.07) is 12.3. The number of carbonyl (C=O) groups excluding carboxylic acids is 3. The summed E-state index contributed by atoms with van der Waals surface area (Å²) in [6.45, 7) is 0. The predicted molar refractivity (Wildman–Crippen MR) is 79.9 cm³/mol. The number of ketones is 3. The maximum atomic E-state index is 12.3. The third-order valence-corrected chi connectivity index (χ3v) is 3.79. The second kappa shape index (κ2) is 4.89. The molecule has 0 radical (unpaired) electrons. The lowest BCUT2D eigenvalue weighted by atomic mass is 9.89. The van der Waals surface area contributed by atoms with Crippen LogP contribution in [0.15, 0.2) is 48.5 Å². The predicted octanol–water partition coefficient (Wildman–Crippen LogP) is 1.65. The molecule has 1 aliphatic carbocycles. The summed E-state index contributed by atoms with van der Waals surface area (Å²) in [5.74, 6) is -1.97. The molecule has 0 bridgehead atoms. The molecule has 0 spiro atoms. The van der Waals surface area contributed by atoms with Gasteiger partial charge >= 0.3 is 0 Å². The molecule has 0 atom stereocenters. The molecule has 22 heavy (non-hydrogen) atoms. The van der Waals surface area contributed by atoms with Crippen LogP contribution in [0.4, 0.5) is 5.69 Å². The minimum absolute atomic E-state index is 0.148. The first-order valence-corrected chi connectivity index (χ1v) is 6.73. The van der Waals surface area contributed by atoms with Crippen LogP contribution in [0.5, 0.6) is 0 Å². The van der Waals surface area contributed by atoms with Crippen molar-refractivity contribution in [1.82, 2.24) is 0 Å². The van der Waals surface area contributed by atoms with E-state index in [1.165, 1.54) is 24.3 Å². The topological polar surface area (TPSA) is 97.5 Å². The van der Waals surface area contributed by atoms with Crippen molar-refractivity contribution in [2.45, 2.75) is 12.0 Å². The molecule has 0 saturated heterocycles. The van der Waals surface area contributed by atoms with Gasteiger partial charge in [-0.05, 0) is 12.1 Å². The molecule has 0 unspecified atom stereocenters. The standard InChI is InChI=1S/C17H13NO4/c18-11-5-3-4-10(8-11)14(19)9-17(22)15(20)12-6-1-2-7-13(12)16(17)21/h1-8,22H,9,18H2. The highest BCUT2D eigenvalue weighted by Gasteiger charge is 2.52. The average molecular weight is 295 g/mol. The summed E-state index contributed by atoms with van der Waals surface area (Å²) in [5, 5.41) is 10.5. The fraction of sp³-hybridized carbons (Fsp3) is 0.118. The van der Waals surface area contributed by atoms with Crippen molar-refractivity contribution in [3.05, 3.63) is 65.2 Å². The molecule has 0 aromatic heterocycles. The minimum atomic E-state index is -2.33. The van der Waals surface area contributed by atoms with Crippen molar-refractivity contribution in [2.24, 2.45) is 0 Å². The van der Waals surface area contributed by atoms with Crippen LogP contribution in [-0.4, -0.2) is 28.1 Å². The maximum Gasteiger partial charge on any atom is 0.203 e. The monoisotopic (exact) mass is 295 g/mol. The quantitative estimate of drug-likeness (QED) is 0.510. The van der Waals surface area contributed by atoms with Crippen molar-refractivity contribution >= 4 is 23.0 Å². The maximum absolute atomic E-state index is 12.3. The van der Waals surface area contributed by atoms with Gasteiger partial charge in [-0.25, -0.2) is 0 Å². The zero-order valence-electron chi connectivity index (χ0n) is 11.6. The van der Waals surface area contributed by atoms with E-state index in [4.69, 9.17) is 5.73 Å². The van der Waals surface area contributed by atoms with E-state index in [9.17, 15) is 19.5 Å². The third-order valence-electron chi connectivity index (χ3n) is 3.79. The fourth-order valence-electron chi connectivity index (χ4n) is 2.63. The van der Waals surface area contributed by atoms with E-state index < -0.39 is 29.4 Å². The van der Waals surface area contributed by atoms with Crippen LogP contribution in [0, 0.1) is 0 Å². The second-order valence-electron chi connectivity index (χ2n) is 5.29. The first-order valence-electron chi connectivity index (χ1n) is 6.73. The molecule has 5 nitrogen and oxygen atoms in total. The first kappa shape index (κ1) is 14.2. The van der Waals surface area contributed by atoms with Gasteiger partial charge in [-0.1, -0.05) is 36.4 Å². The number of rotatable bonds is 3. The third kappa shape index (κ3) is 2.03. The van der Waals surface area contributed by atoms with Gasteiger partial charge in [-0.15, -0.1) is 0 Å². The van der Waals surface area contributed by atoms with E-state index in [1.807, 2.05) is 0 Å². The number of hydrogen-bond donors (Lipinski definition) is 2. The zero-order valence-corrected chi connectivity index (χ0v) is 11.6. The molecular formula is C17H13NO4. The lowest BCUT2D eigenvalue weighted by molar-refractivity contribution is 0.0295. The van der Waals surface area contributed by atoms with Crippen LogP contribution in [0.3, 0.4) is 0 Å². The molecule has 3 rings (SSSR count). The summed E-state index contributed by atoms with van der Waals surface area (Å²) >= 11 is 0. The molecule has 2 aromatic rings. The summed E-state index contributed by atoms with van der Waals surface area (Å²) < 4.78 is 0. The van der Waals surface area contributed by atoms with E-state index in [1.54, 1.807) is 24.3 Å².